The first-order valence-electron chi connectivity index (χ1n) is 9.63. The molecule has 0 heterocycles. The second kappa shape index (κ2) is 4.73. The van der Waals surface area contributed by atoms with Crippen molar-refractivity contribution in [1.82, 2.24) is 0 Å². The molecule has 0 aromatic heterocycles. The van der Waals surface area contributed by atoms with E-state index < -0.39 is 0 Å². The van der Waals surface area contributed by atoms with Gasteiger partial charge < -0.3 is 5.11 Å². The normalized spacial score (nSPS) is 60.0. The molecule has 0 aromatic rings. The summed E-state index contributed by atoms with van der Waals surface area (Å²) in [6.45, 7) is 7.73. The van der Waals surface area contributed by atoms with Gasteiger partial charge in [-0.05, 0) is 98.2 Å². The Morgan fingerprint density at radius 2 is 1.52 bits per heavy atom. The van der Waals surface area contributed by atoms with E-state index in [1.54, 1.807) is 0 Å². The minimum Gasteiger partial charge on any atom is -0.393 e. The smallest absolute Gasteiger partial charge is 0.0543 e. The Labute approximate surface area is 130 Å². The molecular formula is C20H34O. The third-order valence-electron chi connectivity index (χ3n) is 9.11. The molecule has 21 heavy (non-hydrogen) atoms. The molecule has 4 aliphatic rings. The monoisotopic (exact) mass is 290 g/mol. The van der Waals surface area contributed by atoms with Crippen molar-refractivity contribution in [2.75, 3.05) is 0 Å². The van der Waals surface area contributed by atoms with Gasteiger partial charge in [-0.3, -0.25) is 0 Å². The molecule has 0 amide bonds. The summed E-state index contributed by atoms with van der Waals surface area (Å²) in [6.07, 6.45) is 12.2. The molecule has 8 atom stereocenters. The van der Waals surface area contributed by atoms with E-state index in [0.717, 1.165) is 42.4 Å². The van der Waals surface area contributed by atoms with Gasteiger partial charge in [0, 0.05) is 0 Å². The van der Waals surface area contributed by atoms with E-state index in [0.29, 0.717) is 10.8 Å². The van der Waals surface area contributed by atoms with Crippen LogP contribution in [0.15, 0.2) is 0 Å². The third-order valence-corrected chi connectivity index (χ3v) is 9.11. The summed E-state index contributed by atoms with van der Waals surface area (Å²) in [6, 6.07) is 0. The van der Waals surface area contributed by atoms with E-state index in [1.807, 2.05) is 0 Å². The van der Waals surface area contributed by atoms with Crippen LogP contribution in [0.4, 0.5) is 0 Å². The molecule has 4 saturated carbocycles. The Hall–Kier alpha value is -0.0400. The number of rotatable bonds is 0. The van der Waals surface area contributed by atoms with Gasteiger partial charge in [-0.25, -0.2) is 0 Å². The molecule has 0 bridgehead atoms. The van der Waals surface area contributed by atoms with Crippen LogP contribution in [0.2, 0.25) is 0 Å². The van der Waals surface area contributed by atoms with Crippen molar-refractivity contribution in [3.63, 3.8) is 0 Å². The van der Waals surface area contributed by atoms with Gasteiger partial charge in [0.15, 0.2) is 0 Å². The molecule has 120 valence electrons. The minimum atomic E-state index is -0.0000147. The Balaban J connectivity index is 1.62. The fourth-order valence-corrected chi connectivity index (χ4v) is 7.50. The zero-order valence-electron chi connectivity index (χ0n) is 14.3. The molecule has 0 aliphatic heterocycles. The molecule has 4 rings (SSSR count). The maximum absolute atomic E-state index is 10.1. The maximum atomic E-state index is 10.1. The topological polar surface area (TPSA) is 20.2 Å². The van der Waals surface area contributed by atoms with Gasteiger partial charge in [-0.1, -0.05) is 20.8 Å². The summed E-state index contributed by atoms with van der Waals surface area (Å²) in [5.74, 6) is 4.74. The van der Waals surface area contributed by atoms with Gasteiger partial charge >= 0.3 is 0 Å². The Kier molecular flexibility index (Phi) is 3.27. The molecule has 0 saturated heterocycles. The van der Waals surface area contributed by atoms with E-state index in [4.69, 9.17) is 0 Å². The van der Waals surface area contributed by atoms with E-state index in [1.165, 1.54) is 44.9 Å². The highest BCUT2D eigenvalue weighted by Gasteiger charge is 2.59. The second-order valence-electron chi connectivity index (χ2n) is 9.61. The van der Waals surface area contributed by atoms with Gasteiger partial charge in [0.05, 0.1) is 6.10 Å². The van der Waals surface area contributed by atoms with E-state index >= 15 is 0 Å². The predicted octanol–water partition coefficient (Wildman–Crippen LogP) is 5.03. The molecule has 1 heteroatoms. The number of aliphatic hydroxyl groups excluding tert-OH is 1. The first kappa shape index (κ1) is 14.5. The lowest BCUT2D eigenvalue weighted by Crippen LogP contribution is -2.53. The van der Waals surface area contributed by atoms with E-state index in [-0.39, 0.29) is 6.10 Å². The van der Waals surface area contributed by atoms with Crippen LogP contribution in [0.3, 0.4) is 0 Å². The fourth-order valence-electron chi connectivity index (χ4n) is 7.50. The molecule has 1 nitrogen and oxygen atoms in total. The van der Waals surface area contributed by atoms with Crippen molar-refractivity contribution in [2.45, 2.75) is 84.7 Å². The Bertz CT molecular complexity index is 418. The predicted molar refractivity (Wildman–Crippen MR) is 86.9 cm³/mol. The number of aliphatic hydroxyl groups is 1. The van der Waals surface area contributed by atoms with Crippen LogP contribution < -0.4 is 0 Å². The van der Waals surface area contributed by atoms with Gasteiger partial charge in [0.2, 0.25) is 0 Å². The molecule has 0 unspecified atom stereocenters. The largest absolute Gasteiger partial charge is 0.393 e. The quantitative estimate of drug-likeness (QED) is 0.663. The first-order valence-corrected chi connectivity index (χ1v) is 9.63. The summed E-state index contributed by atoms with van der Waals surface area (Å²) >= 11 is 0. The van der Waals surface area contributed by atoms with Crippen LogP contribution in [0.25, 0.3) is 0 Å². The molecule has 0 radical (unpaired) electrons. The molecule has 4 aliphatic carbocycles. The van der Waals surface area contributed by atoms with Crippen molar-refractivity contribution in [3.05, 3.63) is 0 Å². The van der Waals surface area contributed by atoms with Gasteiger partial charge in [-0.15, -0.1) is 0 Å². The summed E-state index contributed by atoms with van der Waals surface area (Å²) in [5, 5.41) is 10.1. The lowest BCUT2D eigenvalue weighted by molar-refractivity contribution is -0.125. The number of hydrogen-bond donors (Lipinski definition) is 1. The standard InChI is InChI=1S/C20H34O/c1-13-4-7-17-16-6-5-14-12-15(21)8-10-20(14,3)18(16)9-11-19(13,17)2/h13-18,21H,4-12H2,1-3H3/t13-,14+,15-,16-,17-,18-,19+,20-/m0/s1. The Morgan fingerprint density at radius 1 is 0.810 bits per heavy atom. The van der Waals surface area contributed by atoms with E-state index in [9.17, 15) is 5.11 Å². The van der Waals surface area contributed by atoms with Crippen molar-refractivity contribution in [3.8, 4) is 0 Å². The molecule has 1 N–H and O–H groups in total. The van der Waals surface area contributed by atoms with Crippen LogP contribution >= 0.6 is 0 Å². The SMILES string of the molecule is C[C@H]1CC[C@H]2[C@@H]3CC[C@@H]4C[C@@H](O)CC[C@]4(C)[C@H]3CC[C@]12C. The zero-order chi connectivity index (χ0) is 14.8. The molecule has 0 aromatic carbocycles. The van der Waals surface area contributed by atoms with Gasteiger partial charge in [-0.2, -0.15) is 0 Å². The van der Waals surface area contributed by atoms with Crippen molar-refractivity contribution in [2.24, 2.45) is 40.4 Å². The maximum Gasteiger partial charge on any atom is 0.0543 e. The fraction of sp³-hybridized carbons (Fsp3) is 1.00. The number of fused-ring (bicyclic) bond motifs is 5. The van der Waals surface area contributed by atoms with Crippen LogP contribution in [-0.4, -0.2) is 11.2 Å². The third kappa shape index (κ3) is 1.92. The summed E-state index contributed by atoms with van der Waals surface area (Å²) in [5.41, 5.74) is 1.20. The summed E-state index contributed by atoms with van der Waals surface area (Å²) in [4.78, 5) is 0. The average molecular weight is 290 g/mol. The molecule has 0 spiro atoms. The molecular weight excluding hydrogens is 256 g/mol. The van der Waals surface area contributed by atoms with Crippen LogP contribution in [-0.2, 0) is 0 Å². The van der Waals surface area contributed by atoms with Crippen molar-refractivity contribution in [1.29, 1.82) is 0 Å². The van der Waals surface area contributed by atoms with E-state index in [2.05, 4.69) is 20.8 Å². The molecule has 4 fully saturated rings. The number of hydrogen-bond acceptors (Lipinski definition) is 1. The van der Waals surface area contributed by atoms with Gasteiger partial charge in [0.25, 0.3) is 0 Å². The summed E-state index contributed by atoms with van der Waals surface area (Å²) in [7, 11) is 0. The minimum absolute atomic E-state index is 0.0000147. The summed E-state index contributed by atoms with van der Waals surface area (Å²) < 4.78 is 0. The first-order chi connectivity index (χ1) is 9.95. The lowest BCUT2D eigenvalue weighted by atomic mass is 9.45. The van der Waals surface area contributed by atoms with Crippen molar-refractivity contribution >= 4 is 0 Å². The Morgan fingerprint density at radius 3 is 2.33 bits per heavy atom. The van der Waals surface area contributed by atoms with Gasteiger partial charge in [0.1, 0.15) is 0 Å². The van der Waals surface area contributed by atoms with Crippen LogP contribution in [0.1, 0.15) is 78.6 Å². The highest BCUT2D eigenvalue weighted by Crippen LogP contribution is 2.67. The van der Waals surface area contributed by atoms with Crippen molar-refractivity contribution < 1.29 is 5.11 Å². The van der Waals surface area contributed by atoms with Crippen LogP contribution in [0, 0.1) is 40.4 Å². The highest BCUT2D eigenvalue weighted by atomic mass is 16.3. The average Bonchev–Trinajstić information content (AvgIpc) is 2.76. The van der Waals surface area contributed by atoms with Crippen LogP contribution in [0.5, 0.6) is 0 Å². The highest BCUT2D eigenvalue weighted by molar-refractivity contribution is 5.08. The lowest BCUT2D eigenvalue weighted by Gasteiger charge is -2.60. The zero-order valence-corrected chi connectivity index (χ0v) is 14.3. The second-order valence-corrected chi connectivity index (χ2v) is 9.61.